The third-order valence-corrected chi connectivity index (χ3v) is 5.78. The summed E-state index contributed by atoms with van der Waals surface area (Å²) in [6.45, 7) is 2.62. The third kappa shape index (κ3) is 7.06. The molecular weight excluding hydrogens is 601 g/mol. The highest BCUT2D eigenvalue weighted by molar-refractivity contribution is 14.1. The topological polar surface area (TPSA) is 84.9 Å². The zero-order valence-electron chi connectivity index (χ0n) is 17.7. The summed E-state index contributed by atoms with van der Waals surface area (Å²) in [5, 5.41) is 12.1. The van der Waals surface area contributed by atoms with Gasteiger partial charge in [0.25, 0.3) is 5.91 Å². The van der Waals surface area contributed by atoms with Gasteiger partial charge in [-0.05, 0) is 83.1 Å². The number of halogens is 2. The van der Waals surface area contributed by atoms with Crippen LogP contribution in [0, 0.1) is 3.57 Å². The van der Waals surface area contributed by atoms with Crippen molar-refractivity contribution < 1.29 is 24.2 Å². The van der Waals surface area contributed by atoms with Gasteiger partial charge in [-0.3, -0.25) is 4.79 Å². The number of hydrogen-bond acceptors (Lipinski definition) is 4. The lowest BCUT2D eigenvalue weighted by Crippen LogP contribution is -2.27. The van der Waals surface area contributed by atoms with Crippen molar-refractivity contribution in [3.63, 3.8) is 0 Å². The van der Waals surface area contributed by atoms with Gasteiger partial charge in [-0.1, -0.05) is 46.3 Å². The molecule has 0 fully saturated rings. The van der Waals surface area contributed by atoms with E-state index < -0.39 is 11.9 Å². The second-order valence-corrected chi connectivity index (χ2v) is 8.94. The number of amides is 1. The van der Waals surface area contributed by atoms with Crippen molar-refractivity contribution in [2.75, 3.05) is 6.61 Å². The maximum atomic E-state index is 12.4. The molecule has 8 heteroatoms. The van der Waals surface area contributed by atoms with Gasteiger partial charge in [0.15, 0.2) is 11.5 Å². The maximum absolute atomic E-state index is 12.4. The number of ether oxygens (including phenoxy) is 2. The Labute approximate surface area is 213 Å². The number of carbonyl (C=O) groups is 2. The monoisotopic (exact) mass is 621 g/mol. The summed E-state index contributed by atoms with van der Waals surface area (Å²) >= 11 is 5.54. The van der Waals surface area contributed by atoms with Crippen molar-refractivity contribution in [3.8, 4) is 11.5 Å². The van der Waals surface area contributed by atoms with Gasteiger partial charge in [-0.2, -0.15) is 0 Å². The van der Waals surface area contributed by atoms with E-state index in [4.69, 9.17) is 9.47 Å². The van der Waals surface area contributed by atoms with Gasteiger partial charge in [-0.25, -0.2) is 4.79 Å². The summed E-state index contributed by atoms with van der Waals surface area (Å²) in [5.41, 5.74) is 1.68. The van der Waals surface area contributed by atoms with Crippen LogP contribution in [0.25, 0.3) is 6.08 Å². The molecule has 0 aliphatic carbocycles. The van der Waals surface area contributed by atoms with Gasteiger partial charge in [0.2, 0.25) is 0 Å². The molecule has 0 aromatic heterocycles. The van der Waals surface area contributed by atoms with Crippen molar-refractivity contribution in [2.24, 2.45) is 0 Å². The minimum atomic E-state index is -1.25. The molecule has 170 valence electrons. The molecule has 2 N–H and O–H groups in total. The van der Waals surface area contributed by atoms with Crippen molar-refractivity contribution in [2.45, 2.75) is 13.5 Å². The average molecular weight is 622 g/mol. The summed E-state index contributed by atoms with van der Waals surface area (Å²) in [5.74, 6) is -0.684. The molecule has 0 atom stereocenters. The Bertz CT molecular complexity index is 1160. The number of rotatable bonds is 9. The molecule has 33 heavy (non-hydrogen) atoms. The van der Waals surface area contributed by atoms with Crippen LogP contribution in [0.15, 0.2) is 76.9 Å². The second-order valence-electron chi connectivity index (χ2n) is 6.86. The zero-order chi connectivity index (χ0) is 23.8. The number of nitrogens with one attached hydrogen (secondary N) is 1. The summed E-state index contributed by atoms with van der Waals surface area (Å²) in [4.78, 5) is 24.2. The van der Waals surface area contributed by atoms with Crippen molar-refractivity contribution >= 4 is 56.5 Å². The van der Waals surface area contributed by atoms with E-state index in [1.807, 2.05) is 31.2 Å². The van der Waals surface area contributed by atoms with Crippen molar-refractivity contribution in [1.29, 1.82) is 0 Å². The minimum absolute atomic E-state index is 0.245. The highest BCUT2D eigenvalue weighted by Crippen LogP contribution is 2.35. The highest BCUT2D eigenvalue weighted by atomic mass is 127. The smallest absolute Gasteiger partial charge is 0.352 e. The predicted octanol–water partition coefficient (Wildman–Crippen LogP) is 5.89. The zero-order valence-corrected chi connectivity index (χ0v) is 21.4. The van der Waals surface area contributed by atoms with Crippen LogP contribution in [0.3, 0.4) is 0 Å². The molecule has 0 aliphatic rings. The highest BCUT2D eigenvalue weighted by Gasteiger charge is 2.16. The number of carbonyl (C=O) groups excluding carboxylic acids is 1. The van der Waals surface area contributed by atoms with E-state index in [2.05, 4.69) is 43.8 Å². The first-order chi connectivity index (χ1) is 15.9. The first kappa shape index (κ1) is 24.8. The van der Waals surface area contributed by atoms with E-state index in [0.717, 1.165) is 13.6 Å². The lowest BCUT2D eigenvalue weighted by Gasteiger charge is -2.15. The Hall–Kier alpha value is -2.85. The van der Waals surface area contributed by atoms with Crippen molar-refractivity contribution in [1.82, 2.24) is 5.32 Å². The Morgan fingerprint density at radius 2 is 1.76 bits per heavy atom. The number of carboxylic acids is 1. The molecule has 3 rings (SSSR count). The molecule has 0 aliphatic heterocycles. The molecule has 0 bridgehead atoms. The van der Waals surface area contributed by atoms with Gasteiger partial charge in [0.05, 0.1) is 10.2 Å². The molecular formula is C25H21BrINO5. The Morgan fingerprint density at radius 3 is 2.39 bits per heavy atom. The lowest BCUT2D eigenvalue weighted by atomic mass is 10.1. The van der Waals surface area contributed by atoms with E-state index in [0.29, 0.717) is 35.8 Å². The van der Waals surface area contributed by atoms with Gasteiger partial charge >= 0.3 is 5.97 Å². The van der Waals surface area contributed by atoms with Crippen LogP contribution in [-0.4, -0.2) is 23.6 Å². The quantitative estimate of drug-likeness (QED) is 0.230. The van der Waals surface area contributed by atoms with Gasteiger partial charge < -0.3 is 19.9 Å². The van der Waals surface area contributed by atoms with Gasteiger partial charge in [-0.15, -0.1) is 0 Å². The Morgan fingerprint density at radius 1 is 1.06 bits per heavy atom. The summed E-state index contributed by atoms with van der Waals surface area (Å²) in [6.07, 6.45) is 1.40. The first-order valence-corrected chi connectivity index (χ1v) is 11.9. The van der Waals surface area contributed by atoms with Crippen LogP contribution < -0.4 is 14.8 Å². The molecule has 0 spiro atoms. The second kappa shape index (κ2) is 11.9. The summed E-state index contributed by atoms with van der Waals surface area (Å²) < 4.78 is 13.5. The molecule has 0 heterocycles. The number of benzene rings is 3. The molecule has 1 amide bonds. The fourth-order valence-corrected chi connectivity index (χ4v) is 3.96. The molecule has 3 aromatic carbocycles. The van der Waals surface area contributed by atoms with Gasteiger partial charge in [0.1, 0.15) is 12.3 Å². The molecule has 3 aromatic rings. The van der Waals surface area contributed by atoms with Crippen LogP contribution in [-0.2, 0) is 11.4 Å². The molecule has 6 nitrogen and oxygen atoms in total. The van der Waals surface area contributed by atoms with Gasteiger partial charge in [0, 0.05) is 10.0 Å². The molecule has 0 radical (unpaired) electrons. The SMILES string of the molecule is CCOc1cc(/C=C(/NC(=O)c2ccccc2)C(=O)O)cc(I)c1OCc1ccc(Br)cc1. The number of aliphatic carboxylic acids is 1. The summed E-state index contributed by atoms with van der Waals surface area (Å²) in [6, 6.07) is 19.7. The molecule has 0 unspecified atom stereocenters. The fraction of sp³-hybridized carbons (Fsp3) is 0.120. The first-order valence-electron chi connectivity index (χ1n) is 10.0. The van der Waals surface area contributed by atoms with E-state index in [9.17, 15) is 14.7 Å². The van der Waals surface area contributed by atoms with Crippen LogP contribution in [0.2, 0.25) is 0 Å². The molecule has 0 saturated heterocycles. The minimum Gasteiger partial charge on any atom is -0.490 e. The fourth-order valence-electron chi connectivity index (χ4n) is 2.91. The average Bonchev–Trinajstić information content (AvgIpc) is 2.80. The van der Waals surface area contributed by atoms with E-state index in [1.54, 1.807) is 42.5 Å². The standard InChI is InChI=1S/C25H21BrINO5/c1-2-32-22-14-17(12-20(27)23(22)33-15-16-8-10-19(26)11-9-16)13-21(25(30)31)28-24(29)18-6-4-3-5-7-18/h3-14H,2,15H2,1H3,(H,28,29)(H,30,31)/b21-13+. The van der Waals surface area contributed by atoms with Crippen molar-refractivity contribution in [3.05, 3.63) is 97.2 Å². The largest absolute Gasteiger partial charge is 0.490 e. The normalized spacial score (nSPS) is 11.1. The van der Waals surface area contributed by atoms with E-state index in [-0.39, 0.29) is 5.70 Å². The van der Waals surface area contributed by atoms with Crippen LogP contribution in [0.5, 0.6) is 11.5 Å². The van der Waals surface area contributed by atoms with Crippen LogP contribution in [0.4, 0.5) is 0 Å². The maximum Gasteiger partial charge on any atom is 0.352 e. The molecule has 0 saturated carbocycles. The third-order valence-electron chi connectivity index (χ3n) is 4.45. The van der Waals surface area contributed by atoms with Crippen LogP contribution >= 0.6 is 38.5 Å². The predicted molar refractivity (Wildman–Crippen MR) is 138 cm³/mol. The number of hydrogen-bond donors (Lipinski definition) is 2. The summed E-state index contributed by atoms with van der Waals surface area (Å²) in [7, 11) is 0. The number of carboxylic acid groups (broad SMARTS) is 1. The Kier molecular flexibility index (Phi) is 8.90. The van der Waals surface area contributed by atoms with E-state index >= 15 is 0 Å². The van der Waals surface area contributed by atoms with Crippen LogP contribution in [0.1, 0.15) is 28.4 Å². The Balaban J connectivity index is 1.86. The van der Waals surface area contributed by atoms with E-state index in [1.165, 1.54) is 6.08 Å². The lowest BCUT2D eigenvalue weighted by molar-refractivity contribution is -0.132.